The van der Waals surface area contributed by atoms with Crippen molar-refractivity contribution in [2.24, 2.45) is 0 Å². The van der Waals surface area contributed by atoms with Crippen LogP contribution in [0, 0.1) is 0 Å². The zero-order chi connectivity index (χ0) is 13.8. The summed E-state index contributed by atoms with van der Waals surface area (Å²) in [6.45, 7) is 3.47. The summed E-state index contributed by atoms with van der Waals surface area (Å²) in [6, 6.07) is 0.559. The molecule has 1 aliphatic rings. The third-order valence-electron chi connectivity index (χ3n) is 3.37. The first-order chi connectivity index (χ1) is 8.24. The molecule has 0 radical (unpaired) electrons. The maximum atomic E-state index is 11.1. The second kappa shape index (κ2) is 6.32. The molecule has 1 saturated carbocycles. The van der Waals surface area contributed by atoms with Crippen LogP contribution in [0.5, 0.6) is 0 Å². The fourth-order valence-corrected chi connectivity index (χ4v) is 2.43. The third-order valence-corrected chi connectivity index (χ3v) is 4.29. The average Bonchev–Trinajstić information content (AvgIpc) is 3.06. The molecule has 6 heteroatoms. The third kappa shape index (κ3) is 6.68. The van der Waals surface area contributed by atoms with E-state index >= 15 is 0 Å². The zero-order valence-corrected chi connectivity index (χ0v) is 12.5. The number of nitrogens with one attached hydrogen (secondary N) is 1. The van der Waals surface area contributed by atoms with E-state index in [4.69, 9.17) is 0 Å². The van der Waals surface area contributed by atoms with Crippen LogP contribution < -0.4 is 5.32 Å². The Balaban J connectivity index is 2.28. The quantitative estimate of drug-likeness (QED) is 0.614. The Bertz CT molecular complexity index is 354. The van der Waals surface area contributed by atoms with Crippen molar-refractivity contribution in [3.05, 3.63) is 0 Å². The van der Waals surface area contributed by atoms with Gasteiger partial charge in [-0.2, -0.15) is 0 Å². The Labute approximate surface area is 110 Å². The lowest BCUT2D eigenvalue weighted by Gasteiger charge is -2.31. The van der Waals surface area contributed by atoms with Crippen LogP contribution in [-0.2, 0) is 9.84 Å². The molecule has 108 valence electrons. The van der Waals surface area contributed by atoms with E-state index in [2.05, 4.69) is 5.32 Å². The van der Waals surface area contributed by atoms with Crippen LogP contribution in [0.4, 0.5) is 0 Å². The van der Waals surface area contributed by atoms with Gasteiger partial charge in [0.15, 0.2) is 0 Å². The fraction of sp³-hybridized carbons (Fsp3) is 1.00. The van der Waals surface area contributed by atoms with Crippen molar-refractivity contribution in [3.8, 4) is 0 Å². The van der Waals surface area contributed by atoms with Crippen molar-refractivity contribution in [1.29, 1.82) is 0 Å². The molecule has 0 aromatic heterocycles. The van der Waals surface area contributed by atoms with E-state index in [1.165, 1.54) is 19.1 Å². The standard InChI is InChI=1S/C12H26N2O3S/c1-12(10-15,13-11-4-5-11)6-7-14(2)8-9-18(3,16)17/h11,13,15H,4-10H2,1-3H3. The Kier molecular flexibility index (Phi) is 5.58. The van der Waals surface area contributed by atoms with Crippen molar-refractivity contribution >= 4 is 9.84 Å². The predicted molar refractivity (Wildman–Crippen MR) is 73.5 cm³/mol. The molecule has 0 aromatic carbocycles. The van der Waals surface area contributed by atoms with Crippen LogP contribution in [0.2, 0.25) is 0 Å². The molecule has 1 atom stereocenters. The molecule has 18 heavy (non-hydrogen) atoms. The lowest BCUT2D eigenvalue weighted by molar-refractivity contribution is 0.150. The first-order valence-electron chi connectivity index (χ1n) is 6.49. The first-order valence-corrected chi connectivity index (χ1v) is 8.55. The molecule has 0 aromatic rings. The molecule has 0 spiro atoms. The molecule has 0 aliphatic heterocycles. The highest BCUT2D eigenvalue weighted by Crippen LogP contribution is 2.23. The Morgan fingerprint density at radius 2 is 2.00 bits per heavy atom. The fourth-order valence-electron chi connectivity index (χ4n) is 1.79. The number of nitrogens with zero attached hydrogens (tertiary/aromatic N) is 1. The summed E-state index contributed by atoms with van der Waals surface area (Å²) in [7, 11) is -0.977. The molecule has 1 rings (SSSR count). The van der Waals surface area contributed by atoms with Gasteiger partial charge in [0.1, 0.15) is 9.84 Å². The van der Waals surface area contributed by atoms with E-state index in [1.54, 1.807) is 0 Å². The molecule has 1 fully saturated rings. The summed E-state index contributed by atoms with van der Waals surface area (Å²) >= 11 is 0. The van der Waals surface area contributed by atoms with E-state index in [0.29, 0.717) is 12.6 Å². The highest BCUT2D eigenvalue weighted by atomic mass is 32.2. The molecule has 0 bridgehead atoms. The minimum Gasteiger partial charge on any atom is -0.394 e. The van der Waals surface area contributed by atoms with Gasteiger partial charge in [0.25, 0.3) is 0 Å². The molecule has 5 nitrogen and oxygen atoms in total. The number of hydrogen-bond acceptors (Lipinski definition) is 5. The second-order valence-corrected chi connectivity index (χ2v) is 8.08. The smallest absolute Gasteiger partial charge is 0.148 e. The SMILES string of the molecule is CN(CCC(C)(CO)NC1CC1)CCS(C)(=O)=O. The van der Waals surface area contributed by atoms with E-state index in [0.717, 1.165) is 13.0 Å². The molecular formula is C12H26N2O3S. The van der Waals surface area contributed by atoms with Crippen LogP contribution in [0.25, 0.3) is 0 Å². The van der Waals surface area contributed by atoms with Crippen LogP contribution in [-0.4, -0.2) is 68.8 Å². The molecule has 1 unspecified atom stereocenters. The largest absolute Gasteiger partial charge is 0.394 e. The minimum atomic E-state index is -2.89. The molecule has 0 heterocycles. The topological polar surface area (TPSA) is 69.6 Å². The number of rotatable bonds is 9. The summed E-state index contributed by atoms with van der Waals surface area (Å²) in [5.74, 6) is 0.190. The monoisotopic (exact) mass is 278 g/mol. The maximum absolute atomic E-state index is 11.1. The van der Waals surface area contributed by atoms with E-state index < -0.39 is 9.84 Å². The Hall–Kier alpha value is -0.170. The highest BCUT2D eigenvalue weighted by molar-refractivity contribution is 7.90. The Morgan fingerprint density at radius 3 is 2.44 bits per heavy atom. The van der Waals surface area contributed by atoms with Gasteiger partial charge in [-0.3, -0.25) is 0 Å². The Morgan fingerprint density at radius 1 is 1.39 bits per heavy atom. The van der Waals surface area contributed by atoms with Gasteiger partial charge in [0.05, 0.1) is 12.4 Å². The van der Waals surface area contributed by atoms with Crippen LogP contribution in [0.1, 0.15) is 26.2 Å². The van der Waals surface area contributed by atoms with Gasteiger partial charge in [-0.05, 0) is 39.8 Å². The molecule has 0 saturated heterocycles. The van der Waals surface area contributed by atoms with Gasteiger partial charge in [-0.15, -0.1) is 0 Å². The summed E-state index contributed by atoms with van der Waals surface area (Å²) in [4.78, 5) is 2.00. The summed E-state index contributed by atoms with van der Waals surface area (Å²) in [5, 5.41) is 12.9. The molecule has 1 aliphatic carbocycles. The first kappa shape index (κ1) is 15.9. The van der Waals surface area contributed by atoms with E-state index in [9.17, 15) is 13.5 Å². The van der Waals surface area contributed by atoms with Gasteiger partial charge in [0.2, 0.25) is 0 Å². The zero-order valence-electron chi connectivity index (χ0n) is 11.6. The van der Waals surface area contributed by atoms with Crippen LogP contribution in [0.3, 0.4) is 0 Å². The van der Waals surface area contributed by atoms with Crippen molar-refractivity contribution in [1.82, 2.24) is 10.2 Å². The normalized spacial score (nSPS) is 20.1. The number of aliphatic hydroxyl groups is 1. The van der Waals surface area contributed by atoms with Crippen LogP contribution in [0.15, 0.2) is 0 Å². The molecule has 2 N–H and O–H groups in total. The second-order valence-electron chi connectivity index (χ2n) is 5.82. The van der Waals surface area contributed by atoms with Crippen molar-refractivity contribution in [3.63, 3.8) is 0 Å². The predicted octanol–water partition coefficient (Wildman–Crippen LogP) is -0.144. The summed E-state index contributed by atoms with van der Waals surface area (Å²) in [6.07, 6.45) is 4.46. The maximum Gasteiger partial charge on any atom is 0.148 e. The minimum absolute atomic E-state index is 0.115. The number of hydrogen-bond donors (Lipinski definition) is 2. The lowest BCUT2D eigenvalue weighted by atomic mass is 9.98. The summed E-state index contributed by atoms with van der Waals surface area (Å²) in [5.41, 5.74) is -0.249. The molecule has 0 amide bonds. The molecular weight excluding hydrogens is 252 g/mol. The number of aliphatic hydroxyl groups excluding tert-OH is 1. The van der Waals surface area contributed by atoms with Gasteiger partial charge < -0.3 is 15.3 Å². The van der Waals surface area contributed by atoms with Gasteiger partial charge in [-0.25, -0.2) is 8.42 Å². The van der Waals surface area contributed by atoms with Crippen LogP contribution >= 0.6 is 0 Å². The van der Waals surface area contributed by atoms with Crippen molar-refractivity contribution in [2.45, 2.75) is 37.8 Å². The number of sulfone groups is 1. The highest BCUT2D eigenvalue weighted by Gasteiger charge is 2.31. The lowest BCUT2D eigenvalue weighted by Crippen LogP contribution is -2.49. The van der Waals surface area contributed by atoms with E-state index in [-0.39, 0.29) is 17.9 Å². The van der Waals surface area contributed by atoms with E-state index in [1.807, 2.05) is 18.9 Å². The van der Waals surface area contributed by atoms with Gasteiger partial charge in [-0.1, -0.05) is 0 Å². The van der Waals surface area contributed by atoms with Gasteiger partial charge in [0, 0.05) is 24.4 Å². The van der Waals surface area contributed by atoms with Crippen molar-refractivity contribution in [2.75, 3.05) is 38.8 Å². The van der Waals surface area contributed by atoms with Crippen molar-refractivity contribution < 1.29 is 13.5 Å². The van der Waals surface area contributed by atoms with Gasteiger partial charge >= 0.3 is 0 Å². The summed E-state index contributed by atoms with van der Waals surface area (Å²) < 4.78 is 22.1. The average molecular weight is 278 g/mol.